The highest BCUT2D eigenvalue weighted by Crippen LogP contribution is 2.49. The quantitative estimate of drug-likeness (QED) is 0.467. The Morgan fingerprint density at radius 3 is 2.33 bits per heavy atom. The molecule has 0 radical (unpaired) electrons. The third kappa shape index (κ3) is 3.46. The molecular formula is C17H11Cl2F3N2O3. The second-order valence-corrected chi connectivity index (χ2v) is 6.92. The highest BCUT2D eigenvalue weighted by Gasteiger charge is 2.62. The van der Waals surface area contributed by atoms with Crippen LogP contribution in [-0.4, -0.2) is 16.8 Å². The number of nitro groups is 1. The van der Waals surface area contributed by atoms with Crippen molar-refractivity contribution < 1.29 is 22.9 Å². The summed E-state index contributed by atoms with van der Waals surface area (Å²) in [5.74, 6) is 0. The van der Waals surface area contributed by atoms with Crippen LogP contribution in [0.3, 0.4) is 0 Å². The smallest absolute Gasteiger partial charge is 0.374 e. The number of nitro benzene ring substituents is 1. The third-order valence-electron chi connectivity index (χ3n) is 4.24. The lowest BCUT2D eigenvalue weighted by atomic mass is 9.86. The highest BCUT2D eigenvalue weighted by molar-refractivity contribution is 6.34. The standard InChI is InChI=1S/C17H11Cl2F3N2O3/c1-9-4-10(2-3-15(9)24(25)26)14-8-16(27-23-14,17(20,21)22)11-5-12(18)7-13(19)6-11/h2-7H,8H2,1H3. The molecule has 10 heteroatoms. The number of hydrogen-bond acceptors (Lipinski definition) is 4. The zero-order chi connectivity index (χ0) is 20.0. The van der Waals surface area contributed by atoms with E-state index in [0.29, 0.717) is 11.1 Å². The Bertz CT molecular complexity index is 943. The van der Waals surface area contributed by atoms with Gasteiger partial charge in [-0.05, 0) is 37.3 Å². The van der Waals surface area contributed by atoms with Crippen LogP contribution in [-0.2, 0) is 10.4 Å². The first-order valence-corrected chi connectivity index (χ1v) is 8.33. The van der Waals surface area contributed by atoms with E-state index in [1.165, 1.54) is 31.2 Å². The zero-order valence-electron chi connectivity index (χ0n) is 13.7. The number of rotatable bonds is 3. The number of nitrogens with zero attached hydrogens (tertiary/aromatic N) is 2. The van der Waals surface area contributed by atoms with Crippen molar-refractivity contribution in [3.05, 3.63) is 73.2 Å². The number of hydrogen-bond donors (Lipinski definition) is 0. The van der Waals surface area contributed by atoms with Gasteiger partial charge in [-0.2, -0.15) is 13.2 Å². The van der Waals surface area contributed by atoms with E-state index in [-0.39, 0.29) is 27.0 Å². The molecule has 1 aliphatic rings. The first kappa shape index (κ1) is 19.4. The van der Waals surface area contributed by atoms with Crippen molar-refractivity contribution >= 4 is 34.6 Å². The molecular weight excluding hydrogens is 408 g/mol. The number of aryl methyl sites for hydroxylation is 1. The summed E-state index contributed by atoms with van der Waals surface area (Å²) in [5, 5.41) is 14.6. The molecule has 0 spiro atoms. The van der Waals surface area contributed by atoms with Gasteiger partial charge in [0.15, 0.2) is 0 Å². The van der Waals surface area contributed by atoms with Gasteiger partial charge in [-0.3, -0.25) is 10.1 Å². The van der Waals surface area contributed by atoms with Crippen LogP contribution in [0.15, 0.2) is 41.6 Å². The molecule has 0 saturated carbocycles. The van der Waals surface area contributed by atoms with E-state index < -0.39 is 23.1 Å². The molecule has 142 valence electrons. The minimum atomic E-state index is -4.80. The Kier molecular flexibility index (Phi) is 4.81. The van der Waals surface area contributed by atoms with Gasteiger partial charge in [-0.25, -0.2) is 0 Å². The van der Waals surface area contributed by atoms with E-state index in [0.717, 1.165) is 12.1 Å². The molecule has 0 fully saturated rings. The van der Waals surface area contributed by atoms with Gasteiger partial charge in [0.2, 0.25) is 0 Å². The van der Waals surface area contributed by atoms with Gasteiger partial charge < -0.3 is 4.84 Å². The lowest BCUT2D eigenvalue weighted by Gasteiger charge is -2.29. The van der Waals surface area contributed by atoms with Crippen molar-refractivity contribution in [3.8, 4) is 0 Å². The summed E-state index contributed by atoms with van der Waals surface area (Å²) >= 11 is 11.7. The van der Waals surface area contributed by atoms with E-state index in [1.807, 2.05) is 0 Å². The summed E-state index contributed by atoms with van der Waals surface area (Å²) in [7, 11) is 0. The molecule has 1 aliphatic heterocycles. The van der Waals surface area contributed by atoms with Gasteiger partial charge in [0, 0.05) is 39.2 Å². The summed E-state index contributed by atoms with van der Waals surface area (Å²) in [6.45, 7) is 1.49. The molecule has 3 rings (SSSR count). The second kappa shape index (κ2) is 6.69. The van der Waals surface area contributed by atoms with Gasteiger partial charge >= 0.3 is 6.18 Å². The van der Waals surface area contributed by atoms with E-state index in [4.69, 9.17) is 28.0 Å². The maximum atomic E-state index is 13.9. The fraction of sp³-hybridized carbons (Fsp3) is 0.235. The molecule has 0 saturated heterocycles. The molecule has 0 bridgehead atoms. The molecule has 0 N–H and O–H groups in total. The van der Waals surface area contributed by atoms with Crippen molar-refractivity contribution in [2.45, 2.75) is 25.1 Å². The van der Waals surface area contributed by atoms with E-state index >= 15 is 0 Å². The Balaban J connectivity index is 2.02. The van der Waals surface area contributed by atoms with E-state index in [9.17, 15) is 23.3 Å². The van der Waals surface area contributed by atoms with E-state index in [1.54, 1.807) is 0 Å². The Labute approximate surface area is 161 Å². The van der Waals surface area contributed by atoms with Crippen LogP contribution in [0.2, 0.25) is 10.0 Å². The zero-order valence-corrected chi connectivity index (χ0v) is 15.2. The van der Waals surface area contributed by atoms with Crippen LogP contribution in [0.5, 0.6) is 0 Å². The summed E-state index contributed by atoms with van der Waals surface area (Å²) in [4.78, 5) is 15.2. The van der Waals surface area contributed by atoms with Crippen LogP contribution in [0, 0.1) is 17.0 Å². The molecule has 27 heavy (non-hydrogen) atoms. The molecule has 5 nitrogen and oxygen atoms in total. The predicted octanol–water partition coefficient (Wildman–Crippen LogP) is 5.79. The summed E-state index contributed by atoms with van der Waals surface area (Å²) in [6.07, 6.45) is -5.42. The topological polar surface area (TPSA) is 64.7 Å². The molecule has 2 aromatic rings. The molecule has 1 heterocycles. The van der Waals surface area contributed by atoms with Gasteiger partial charge in [0.05, 0.1) is 10.6 Å². The largest absolute Gasteiger partial charge is 0.435 e. The van der Waals surface area contributed by atoms with Crippen molar-refractivity contribution in [1.29, 1.82) is 0 Å². The molecule has 0 aromatic heterocycles. The third-order valence-corrected chi connectivity index (χ3v) is 4.68. The van der Waals surface area contributed by atoms with Crippen LogP contribution in [0.25, 0.3) is 0 Å². The lowest BCUT2D eigenvalue weighted by Crippen LogP contribution is -2.42. The maximum Gasteiger partial charge on any atom is 0.435 e. The summed E-state index contributed by atoms with van der Waals surface area (Å²) in [6, 6.07) is 7.52. The number of alkyl halides is 3. The van der Waals surface area contributed by atoms with Crippen molar-refractivity contribution in [2.24, 2.45) is 5.16 Å². The predicted molar refractivity (Wildman–Crippen MR) is 94.3 cm³/mol. The first-order valence-electron chi connectivity index (χ1n) is 7.57. The monoisotopic (exact) mass is 418 g/mol. The van der Waals surface area contributed by atoms with Crippen LogP contribution in [0.4, 0.5) is 18.9 Å². The number of oxime groups is 1. The van der Waals surface area contributed by atoms with Gasteiger partial charge in [0.1, 0.15) is 0 Å². The second-order valence-electron chi connectivity index (χ2n) is 6.05. The van der Waals surface area contributed by atoms with Gasteiger partial charge in [0.25, 0.3) is 11.3 Å². The first-order chi connectivity index (χ1) is 12.5. The number of halogens is 5. The Hall–Kier alpha value is -2.32. The normalized spacial score (nSPS) is 19.6. The Morgan fingerprint density at radius 1 is 1.19 bits per heavy atom. The SMILES string of the molecule is Cc1cc(C2=NOC(c3cc(Cl)cc(Cl)c3)(C(F)(F)F)C2)ccc1[N+](=O)[O-]. The molecule has 1 unspecified atom stereocenters. The average molecular weight is 419 g/mol. The van der Waals surface area contributed by atoms with Crippen LogP contribution < -0.4 is 0 Å². The minimum absolute atomic E-state index is 0.0152. The molecule has 2 aromatic carbocycles. The fourth-order valence-corrected chi connectivity index (χ4v) is 3.41. The number of benzene rings is 2. The fourth-order valence-electron chi connectivity index (χ4n) is 2.89. The van der Waals surface area contributed by atoms with Gasteiger partial charge in [-0.1, -0.05) is 28.4 Å². The van der Waals surface area contributed by atoms with Crippen molar-refractivity contribution in [3.63, 3.8) is 0 Å². The van der Waals surface area contributed by atoms with Crippen molar-refractivity contribution in [1.82, 2.24) is 0 Å². The average Bonchev–Trinajstić information content (AvgIpc) is 3.00. The molecule has 0 amide bonds. The molecule has 0 aliphatic carbocycles. The highest BCUT2D eigenvalue weighted by atomic mass is 35.5. The minimum Gasteiger partial charge on any atom is -0.374 e. The van der Waals surface area contributed by atoms with Crippen molar-refractivity contribution in [2.75, 3.05) is 0 Å². The van der Waals surface area contributed by atoms with Crippen LogP contribution in [0.1, 0.15) is 23.1 Å². The maximum absolute atomic E-state index is 13.9. The Morgan fingerprint density at radius 2 is 1.81 bits per heavy atom. The summed E-state index contributed by atoms with van der Waals surface area (Å²) in [5.41, 5.74) is -2.53. The molecule has 1 atom stereocenters. The van der Waals surface area contributed by atoms with Gasteiger partial charge in [-0.15, -0.1) is 0 Å². The van der Waals surface area contributed by atoms with Crippen LogP contribution >= 0.6 is 23.2 Å². The van der Waals surface area contributed by atoms with E-state index in [2.05, 4.69) is 5.16 Å². The summed E-state index contributed by atoms with van der Waals surface area (Å²) < 4.78 is 41.8. The lowest BCUT2D eigenvalue weighted by molar-refractivity contribution is -0.385.